The number of nitrogens with zero attached hydrogens (tertiary/aromatic N) is 2. The lowest BCUT2D eigenvalue weighted by Gasteiger charge is -2.20. The van der Waals surface area contributed by atoms with Crippen molar-refractivity contribution in [2.24, 2.45) is 0 Å². The van der Waals surface area contributed by atoms with Crippen molar-refractivity contribution in [2.45, 2.75) is 33.7 Å². The van der Waals surface area contributed by atoms with Crippen LogP contribution >= 0.6 is 0 Å². The zero-order valence-corrected chi connectivity index (χ0v) is 19.9. The molecule has 1 atom stereocenters. The molecule has 0 radical (unpaired) electrons. The van der Waals surface area contributed by atoms with Gasteiger partial charge in [-0.05, 0) is 69.2 Å². The van der Waals surface area contributed by atoms with Crippen LogP contribution in [0.25, 0.3) is 33.2 Å². The zero-order chi connectivity index (χ0) is 24.9. The van der Waals surface area contributed by atoms with Crippen LogP contribution in [0.15, 0.2) is 70.3 Å². The molecular weight excluding hydrogens is 442 g/mol. The van der Waals surface area contributed by atoms with Crippen LogP contribution in [0.3, 0.4) is 0 Å². The molecule has 0 saturated heterocycles. The van der Waals surface area contributed by atoms with Crippen molar-refractivity contribution in [3.05, 3.63) is 93.5 Å². The van der Waals surface area contributed by atoms with Gasteiger partial charge in [-0.2, -0.15) is 0 Å². The average Bonchev–Trinajstić information content (AvgIpc) is 3.29. The number of pyridine rings is 1. The molecule has 2 N–H and O–H groups in total. The average molecular weight is 468 g/mol. The molecule has 0 aliphatic heterocycles. The van der Waals surface area contributed by atoms with Gasteiger partial charge in [0, 0.05) is 46.4 Å². The fraction of sp³-hybridized carbons (Fsp3) is 0.179. The molecule has 3 heterocycles. The van der Waals surface area contributed by atoms with Crippen LogP contribution in [0, 0.1) is 20.8 Å². The molecule has 0 fully saturated rings. The van der Waals surface area contributed by atoms with Crippen LogP contribution in [0.4, 0.5) is 10.5 Å². The Morgan fingerprint density at radius 3 is 2.63 bits per heavy atom. The maximum absolute atomic E-state index is 13.3. The highest BCUT2D eigenvalue weighted by atomic mass is 16.4. The standard InChI is InChI=1S/C28H25N3O4/c1-15-12-21(18(4)30-23-8-7-19-9-11-31(28(33)34)24(19)16(23)2)27-22(13-15)25(32)17(3)26(35-27)20-6-5-10-29-14-20/h5-14,18,30H,1-4H3,(H,33,34). The molecule has 5 aromatic rings. The Hall–Kier alpha value is -4.39. The summed E-state index contributed by atoms with van der Waals surface area (Å²) in [5.41, 5.74) is 5.81. The van der Waals surface area contributed by atoms with E-state index < -0.39 is 6.09 Å². The van der Waals surface area contributed by atoms with Gasteiger partial charge >= 0.3 is 6.09 Å². The molecule has 2 aromatic carbocycles. The number of aromatic nitrogens is 2. The highest BCUT2D eigenvalue weighted by molar-refractivity contribution is 5.94. The van der Waals surface area contributed by atoms with E-state index in [1.54, 1.807) is 31.6 Å². The summed E-state index contributed by atoms with van der Waals surface area (Å²) in [4.78, 5) is 29.2. The second kappa shape index (κ2) is 8.43. The first-order valence-corrected chi connectivity index (χ1v) is 11.3. The van der Waals surface area contributed by atoms with E-state index in [-0.39, 0.29) is 11.5 Å². The van der Waals surface area contributed by atoms with Gasteiger partial charge in [0.05, 0.1) is 16.9 Å². The number of fused-ring (bicyclic) bond motifs is 2. The molecule has 1 unspecified atom stereocenters. The largest absolute Gasteiger partial charge is 0.464 e. The van der Waals surface area contributed by atoms with Crippen LogP contribution in [0.1, 0.15) is 35.2 Å². The number of benzene rings is 2. The van der Waals surface area contributed by atoms with Gasteiger partial charge in [0.25, 0.3) is 0 Å². The molecule has 0 aliphatic carbocycles. The minimum absolute atomic E-state index is 0.0702. The molecule has 35 heavy (non-hydrogen) atoms. The molecule has 0 bridgehead atoms. The van der Waals surface area contributed by atoms with E-state index >= 15 is 0 Å². The Morgan fingerprint density at radius 1 is 1.11 bits per heavy atom. The maximum atomic E-state index is 13.3. The molecule has 7 nitrogen and oxygen atoms in total. The molecule has 0 saturated carbocycles. The SMILES string of the molecule is Cc1cc(C(C)Nc2ccc3ccn(C(=O)O)c3c2C)c2oc(-c3cccnc3)c(C)c(=O)c2c1. The van der Waals surface area contributed by atoms with E-state index in [0.717, 1.165) is 33.3 Å². The molecule has 0 spiro atoms. The minimum Gasteiger partial charge on any atom is -0.464 e. The highest BCUT2D eigenvalue weighted by Crippen LogP contribution is 2.34. The van der Waals surface area contributed by atoms with Crippen LogP contribution in [0.2, 0.25) is 0 Å². The number of hydrogen-bond acceptors (Lipinski definition) is 5. The summed E-state index contributed by atoms with van der Waals surface area (Å²) in [5, 5.41) is 14.5. The number of carboxylic acid groups (broad SMARTS) is 1. The van der Waals surface area contributed by atoms with E-state index in [4.69, 9.17) is 4.42 Å². The Morgan fingerprint density at radius 2 is 1.91 bits per heavy atom. The Balaban J connectivity index is 1.65. The number of carbonyl (C=O) groups is 1. The molecule has 5 rings (SSSR count). The zero-order valence-electron chi connectivity index (χ0n) is 19.9. The number of nitrogens with one attached hydrogen (secondary N) is 1. The lowest BCUT2D eigenvalue weighted by molar-refractivity contribution is 0.197. The van der Waals surface area contributed by atoms with Crippen molar-refractivity contribution in [1.29, 1.82) is 0 Å². The quantitative estimate of drug-likeness (QED) is 0.316. The van der Waals surface area contributed by atoms with Crippen molar-refractivity contribution < 1.29 is 14.3 Å². The van der Waals surface area contributed by atoms with Gasteiger partial charge in [0.2, 0.25) is 0 Å². The second-order valence-corrected chi connectivity index (χ2v) is 8.87. The van der Waals surface area contributed by atoms with E-state index in [0.29, 0.717) is 27.8 Å². The normalized spacial score (nSPS) is 12.2. The summed E-state index contributed by atoms with van der Waals surface area (Å²) < 4.78 is 7.61. The summed E-state index contributed by atoms with van der Waals surface area (Å²) in [7, 11) is 0. The minimum atomic E-state index is -1.03. The van der Waals surface area contributed by atoms with Crippen LogP contribution in [-0.4, -0.2) is 20.8 Å². The third kappa shape index (κ3) is 3.75. The third-order valence-corrected chi connectivity index (χ3v) is 6.47. The summed E-state index contributed by atoms with van der Waals surface area (Å²) >= 11 is 0. The first-order chi connectivity index (χ1) is 16.8. The molecular formula is C28H25N3O4. The molecule has 3 aromatic heterocycles. The fourth-order valence-corrected chi connectivity index (χ4v) is 4.69. The van der Waals surface area contributed by atoms with Crippen molar-refractivity contribution >= 4 is 33.7 Å². The topological polar surface area (TPSA) is 97.4 Å². The van der Waals surface area contributed by atoms with Gasteiger partial charge in [-0.25, -0.2) is 4.79 Å². The van der Waals surface area contributed by atoms with Gasteiger partial charge in [-0.15, -0.1) is 0 Å². The second-order valence-electron chi connectivity index (χ2n) is 8.87. The van der Waals surface area contributed by atoms with Crippen LogP contribution in [-0.2, 0) is 0 Å². The van der Waals surface area contributed by atoms with Gasteiger partial charge in [0.15, 0.2) is 5.43 Å². The predicted octanol–water partition coefficient (Wildman–Crippen LogP) is 6.43. The van der Waals surface area contributed by atoms with Crippen LogP contribution in [0.5, 0.6) is 0 Å². The van der Waals surface area contributed by atoms with E-state index in [1.165, 1.54) is 4.57 Å². The number of aryl methyl sites for hydroxylation is 2. The van der Waals surface area contributed by atoms with Gasteiger partial charge in [0.1, 0.15) is 11.3 Å². The maximum Gasteiger partial charge on any atom is 0.416 e. The highest BCUT2D eigenvalue weighted by Gasteiger charge is 2.20. The van der Waals surface area contributed by atoms with E-state index in [9.17, 15) is 14.7 Å². The molecule has 0 amide bonds. The fourth-order valence-electron chi connectivity index (χ4n) is 4.69. The van der Waals surface area contributed by atoms with Gasteiger partial charge < -0.3 is 14.8 Å². The number of hydrogen-bond donors (Lipinski definition) is 2. The summed E-state index contributed by atoms with van der Waals surface area (Å²) in [6, 6.07) is 13.0. The Kier molecular flexibility index (Phi) is 5.40. The smallest absolute Gasteiger partial charge is 0.416 e. The third-order valence-electron chi connectivity index (χ3n) is 6.47. The summed E-state index contributed by atoms with van der Waals surface area (Å²) in [6.45, 7) is 7.62. The van der Waals surface area contributed by atoms with Crippen molar-refractivity contribution in [3.8, 4) is 11.3 Å². The molecule has 0 aliphatic rings. The lowest BCUT2D eigenvalue weighted by Crippen LogP contribution is -2.13. The Labute approximate surface area is 201 Å². The van der Waals surface area contributed by atoms with Crippen LogP contribution < -0.4 is 10.7 Å². The monoisotopic (exact) mass is 467 g/mol. The van der Waals surface area contributed by atoms with Gasteiger partial charge in [-0.3, -0.25) is 14.3 Å². The molecule has 7 heteroatoms. The van der Waals surface area contributed by atoms with E-state index in [1.807, 2.05) is 57.2 Å². The predicted molar refractivity (Wildman–Crippen MR) is 137 cm³/mol. The van der Waals surface area contributed by atoms with Crippen molar-refractivity contribution in [1.82, 2.24) is 9.55 Å². The number of rotatable bonds is 4. The first kappa shape index (κ1) is 22.4. The Bertz CT molecular complexity index is 1670. The first-order valence-electron chi connectivity index (χ1n) is 11.3. The summed E-state index contributed by atoms with van der Waals surface area (Å²) in [6.07, 6.45) is 3.89. The lowest BCUT2D eigenvalue weighted by atomic mass is 9.98. The molecule has 176 valence electrons. The summed E-state index contributed by atoms with van der Waals surface area (Å²) in [5.74, 6) is 0.504. The number of anilines is 1. The van der Waals surface area contributed by atoms with Crippen molar-refractivity contribution in [2.75, 3.05) is 5.32 Å². The van der Waals surface area contributed by atoms with Crippen molar-refractivity contribution in [3.63, 3.8) is 0 Å². The van der Waals surface area contributed by atoms with Gasteiger partial charge in [-0.1, -0.05) is 12.1 Å². The van der Waals surface area contributed by atoms with E-state index in [2.05, 4.69) is 10.3 Å².